The Kier molecular flexibility index (Phi) is 14.8. The van der Waals surface area contributed by atoms with Crippen LogP contribution in [0, 0.1) is 11.8 Å². The van der Waals surface area contributed by atoms with E-state index in [1.54, 1.807) is 20.8 Å². The van der Waals surface area contributed by atoms with Crippen molar-refractivity contribution in [3.63, 3.8) is 0 Å². The number of rotatable bonds is 16. The summed E-state index contributed by atoms with van der Waals surface area (Å²) in [6.45, 7) is 8.75. The maximum Gasteiger partial charge on any atom is 0.424 e. The van der Waals surface area contributed by atoms with E-state index in [9.17, 15) is 27.9 Å². The first-order chi connectivity index (χ1) is 21.0. The smallest absolute Gasteiger partial charge is 0.424 e. The second-order valence-electron chi connectivity index (χ2n) is 12.8. The van der Waals surface area contributed by atoms with E-state index in [1.165, 1.54) is 0 Å². The summed E-state index contributed by atoms with van der Waals surface area (Å²) in [5.74, 6) is -2.63. The van der Waals surface area contributed by atoms with Gasteiger partial charge in [0.25, 0.3) is 5.91 Å². The highest BCUT2D eigenvalue weighted by Gasteiger charge is 2.41. The molecule has 0 bridgehead atoms. The third kappa shape index (κ3) is 14.2. The largest absolute Gasteiger partial charge is 0.443 e. The second kappa shape index (κ2) is 17.5. The van der Waals surface area contributed by atoms with Gasteiger partial charge in [-0.15, -0.1) is 0 Å². The van der Waals surface area contributed by atoms with Gasteiger partial charge in [0.2, 0.25) is 15.9 Å². The Morgan fingerprint density at radius 3 is 1.91 bits per heavy atom. The highest BCUT2D eigenvalue weighted by Crippen LogP contribution is 2.23. The Morgan fingerprint density at radius 1 is 0.889 bits per heavy atom. The number of ether oxygens (including phenoxy) is 1. The molecular formula is C33H50N4O7S. The van der Waals surface area contributed by atoms with E-state index < -0.39 is 57.6 Å². The van der Waals surface area contributed by atoms with Crippen molar-refractivity contribution >= 4 is 27.9 Å². The minimum atomic E-state index is -3.46. The summed E-state index contributed by atoms with van der Waals surface area (Å²) >= 11 is 0. The molecular weight excluding hydrogens is 596 g/mol. The Labute approximate surface area is 268 Å². The Bertz CT molecular complexity index is 1330. The van der Waals surface area contributed by atoms with Crippen LogP contribution in [-0.2, 0) is 37.2 Å². The topological polar surface area (TPSA) is 168 Å². The molecule has 0 heterocycles. The molecule has 0 aromatic heterocycles. The maximum absolute atomic E-state index is 14.3. The second-order valence-corrected chi connectivity index (χ2v) is 14.7. The molecule has 0 saturated heterocycles. The van der Waals surface area contributed by atoms with Gasteiger partial charge >= 0.3 is 6.09 Å². The van der Waals surface area contributed by atoms with Gasteiger partial charge in [0.15, 0.2) is 0 Å². The van der Waals surface area contributed by atoms with Crippen LogP contribution in [0.4, 0.5) is 4.79 Å². The van der Waals surface area contributed by atoms with E-state index >= 15 is 0 Å². The van der Waals surface area contributed by atoms with Crippen molar-refractivity contribution in [3.8, 4) is 0 Å². The summed E-state index contributed by atoms with van der Waals surface area (Å²) in [4.78, 5) is 42.5. The Morgan fingerprint density at radius 2 is 1.42 bits per heavy atom. The number of imide groups is 3. The van der Waals surface area contributed by atoms with E-state index in [0.717, 1.165) is 17.4 Å². The third-order valence-electron chi connectivity index (χ3n) is 6.91. The van der Waals surface area contributed by atoms with Crippen LogP contribution in [0.2, 0.25) is 0 Å². The van der Waals surface area contributed by atoms with E-state index in [0.29, 0.717) is 11.3 Å². The van der Waals surface area contributed by atoms with Gasteiger partial charge in [-0.3, -0.25) is 9.59 Å². The fourth-order valence-electron chi connectivity index (χ4n) is 4.82. The normalized spacial score (nSPS) is 14.8. The number of sulfonamides is 1. The van der Waals surface area contributed by atoms with Gasteiger partial charge in [-0.05, 0) is 63.5 Å². The van der Waals surface area contributed by atoms with Crippen LogP contribution < -0.4 is 15.8 Å². The van der Waals surface area contributed by atoms with Crippen LogP contribution in [0.15, 0.2) is 60.7 Å². The minimum Gasteiger partial charge on any atom is -0.443 e. The number of nitrogens with one attached hydrogen (secondary N) is 2. The Hall–Kier alpha value is -3.16. The molecule has 0 aliphatic carbocycles. The number of aliphatic hydroxyl groups excluding tert-OH is 1. The number of carbonyl (C=O) groups excluding carboxylic acids is 3. The lowest BCUT2D eigenvalue weighted by molar-refractivity contribution is -0.148. The highest BCUT2D eigenvalue weighted by molar-refractivity contribution is 7.88. The number of nitrogens with zero attached hydrogens (tertiary/aromatic N) is 1. The van der Waals surface area contributed by atoms with Crippen LogP contribution >= 0.6 is 0 Å². The SMILES string of the molecule is CC(C)CC(NCCNS(C)(=O)=O)C(=O)N(C(=O)OC(C)(C)C)C(=O)[C@H](Cc1ccccc1)C[C@H](O)[C@@H](N)Cc1ccccc1. The minimum absolute atomic E-state index is 0.00319. The average molecular weight is 647 g/mol. The molecule has 2 aromatic carbocycles. The lowest BCUT2D eigenvalue weighted by Gasteiger charge is -2.32. The van der Waals surface area contributed by atoms with E-state index in [-0.39, 0.29) is 38.3 Å². The van der Waals surface area contributed by atoms with Crippen molar-refractivity contribution in [2.45, 2.75) is 84.1 Å². The maximum atomic E-state index is 14.3. The lowest BCUT2D eigenvalue weighted by atomic mass is 9.88. The fourth-order valence-corrected chi connectivity index (χ4v) is 5.29. The number of carbonyl (C=O) groups is 3. The molecule has 0 aliphatic rings. The summed E-state index contributed by atoms with van der Waals surface area (Å²) in [6.07, 6.45) is -0.548. The molecule has 1 unspecified atom stereocenters. The third-order valence-corrected chi connectivity index (χ3v) is 7.64. The first-order valence-corrected chi connectivity index (χ1v) is 17.2. The van der Waals surface area contributed by atoms with Crippen molar-refractivity contribution in [3.05, 3.63) is 71.8 Å². The van der Waals surface area contributed by atoms with Crippen LogP contribution in [0.1, 0.15) is 58.6 Å². The molecule has 2 rings (SSSR count). The molecule has 3 amide bonds. The van der Waals surface area contributed by atoms with Gasteiger partial charge in [-0.25, -0.2) is 17.9 Å². The molecule has 45 heavy (non-hydrogen) atoms. The van der Waals surface area contributed by atoms with Gasteiger partial charge in [-0.2, -0.15) is 4.90 Å². The predicted molar refractivity (Wildman–Crippen MR) is 175 cm³/mol. The van der Waals surface area contributed by atoms with Gasteiger partial charge < -0.3 is 20.9 Å². The quantitative estimate of drug-likeness (QED) is 0.200. The molecule has 5 N–H and O–H groups in total. The number of hydrogen-bond donors (Lipinski definition) is 4. The van der Waals surface area contributed by atoms with E-state index in [2.05, 4.69) is 10.0 Å². The zero-order valence-corrected chi connectivity index (χ0v) is 28.0. The number of hydrogen-bond acceptors (Lipinski definition) is 9. The van der Waals surface area contributed by atoms with Crippen molar-refractivity contribution < 1.29 is 32.6 Å². The van der Waals surface area contributed by atoms with E-state index in [4.69, 9.17) is 10.5 Å². The zero-order chi connectivity index (χ0) is 33.8. The highest BCUT2D eigenvalue weighted by atomic mass is 32.2. The molecule has 0 spiro atoms. The first kappa shape index (κ1) is 38.0. The molecule has 250 valence electrons. The predicted octanol–water partition coefficient (Wildman–Crippen LogP) is 3.01. The number of benzene rings is 2. The summed E-state index contributed by atoms with van der Waals surface area (Å²) < 4.78 is 30.9. The molecule has 0 aliphatic heterocycles. The Balaban J connectivity index is 2.44. The number of aliphatic hydroxyl groups is 1. The molecule has 0 saturated carbocycles. The van der Waals surface area contributed by atoms with Gasteiger partial charge in [0.05, 0.1) is 18.4 Å². The molecule has 11 nitrogen and oxygen atoms in total. The van der Waals surface area contributed by atoms with Crippen LogP contribution in [-0.4, -0.2) is 79.5 Å². The first-order valence-electron chi connectivity index (χ1n) is 15.3. The van der Waals surface area contributed by atoms with Crippen molar-refractivity contribution in [2.75, 3.05) is 19.3 Å². The van der Waals surface area contributed by atoms with Gasteiger partial charge in [0, 0.05) is 25.0 Å². The standard InChI is InChI=1S/C33H50N4O7S/c1-23(2)19-28(35-17-18-36-45(6,42)43)31(40)37(32(41)44-33(3,4)5)30(39)26(20-24-13-9-7-10-14-24)22-29(38)27(34)21-25-15-11-8-12-16-25/h7-16,23,26-29,35-36,38H,17-22,34H2,1-6H3/t26-,27+,28?,29+/m1/s1. The van der Waals surface area contributed by atoms with Crippen LogP contribution in [0.5, 0.6) is 0 Å². The fraction of sp³-hybridized carbons (Fsp3) is 0.545. The zero-order valence-electron chi connectivity index (χ0n) is 27.2. The van der Waals surface area contributed by atoms with Crippen molar-refractivity contribution in [1.29, 1.82) is 0 Å². The number of amides is 3. The van der Waals surface area contributed by atoms with Crippen molar-refractivity contribution in [2.24, 2.45) is 17.6 Å². The molecule has 12 heteroatoms. The summed E-state index contributed by atoms with van der Waals surface area (Å²) in [5.41, 5.74) is 7.07. The summed E-state index contributed by atoms with van der Waals surface area (Å²) in [7, 11) is -3.46. The molecule has 2 aromatic rings. The van der Waals surface area contributed by atoms with Gasteiger partial charge in [-0.1, -0.05) is 74.5 Å². The van der Waals surface area contributed by atoms with E-state index in [1.807, 2.05) is 74.5 Å². The number of nitrogens with two attached hydrogens (primary N) is 1. The summed E-state index contributed by atoms with van der Waals surface area (Å²) in [6, 6.07) is 16.9. The van der Waals surface area contributed by atoms with Crippen LogP contribution in [0.3, 0.4) is 0 Å². The van der Waals surface area contributed by atoms with Crippen molar-refractivity contribution in [1.82, 2.24) is 14.9 Å². The van der Waals surface area contributed by atoms with Crippen LogP contribution in [0.25, 0.3) is 0 Å². The molecule has 0 radical (unpaired) electrons. The summed E-state index contributed by atoms with van der Waals surface area (Å²) in [5, 5.41) is 14.2. The van der Waals surface area contributed by atoms with Gasteiger partial charge in [0.1, 0.15) is 5.60 Å². The molecule has 0 fully saturated rings. The lowest BCUT2D eigenvalue weighted by Crippen LogP contribution is -2.55. The average Bonchev–Trinajstić information content (AvgIpc) is 2.93. The molecule has 4 atom stereocenters. The monoisotopic (exact) mass is 646 g/mol.